The molecule has 3 rings (SSSR count). The normalized spacial score (nSPS) is 12.6. The minimum absolute atomic E-state index is 0.0803. The Morgan fingerprint density at radius 3 is 2.95 bits per heavy atom. The van der Waals surface area contributed by atoms with Crippen LogP contribution in [0.4, 0.5) is 17.5 Å². The number of nitrogens with one attached hydrogen (secondary N) is 3. The standard InChI is InChI=1S/C14H15N5O2/c1-15-11-5-6-16-14(19-11)18-10-4-3-8-9(12(10)21-2)7-17-13(8)20/h3-6H,7H2,1-2H3,(H,17,20)(H2,15,16,18,19). The van der Waals surface area contributed by atoms with Gasteiger partial charge in [-0.3, -0.25) is 4.79 Å². The first-order chi connectivity index (χ1) is 10.2. The number of aromatic nitrogens is 2. The van der Waals surface area contributed by atoms with Crippen LogP contribution in [0.5, 0.6) is 5.75 Å². The van der Waals surface area contributed by atoms with E-state index in [0.717, 1.165) is 11.3 Å². The number of benzene rings is 1. The van der Waals surface area contributed by atoms with Crippen molar-refractivity contribution in [2.75, 3.05) is 24.8 Å². The molecule has 0 fully saturated rings. The number of amides is 1. The van der Waals surface area contributed by atoms with Gasteiger partial charge in [0.1, 0.15) is 11.6 Å². The van der Waals surface area contributed by atoms with Gasteiger partial charge in [0, 0.05) is 30.9 Å². The predicted octanol–water partition coefficient (Wildman–Crippen LogP) is 1.51. The molecule has 1 aliphatic heterocycles. The molecule has 1 aliphatic rings. The molecule has 0 bridgehead atoms. The van der Waals surface area contributed by atoms with Gasteiger partial charge in [-0.2, -0.15) is 4.98 Å². The van der Waals surface area contributed by atoms with Gasteiger partial charge in [0.15, 0.2) is 0 Å². The molecule has 2 aromatic rings. The summed E-state index contributed by atoms with van der Waals surface area (Å²) in [5.41, 5.74) is 2.21. The Morgan fingerprint density at radius 2 is 2.19 bits per heavy atom. The largest absolute Gasteiger partial charge is 0.494 e. The average Bonchev–Trinajstić information content (AvgIpc) is 2.89. The van der Waals surface area contributed by atoms with Crippen molar-refractivity contribution in [3.05, 3.63) is 35.5 Å². The molecule has 7 nitrogen and oxygen atoms in total. The first-order valence-corrected chi connectivity index (χ1v) is 6.49. The highest BCUT2D eigenvalue weighted by molar-refractivity contribution is 6.00. The smallest absolute Gasteiger partial charge is 0.252 e. The summed E-state index contributed by atoms with van der Waals surface area (Å²) >= 11 is 0. The molecule has 1 amide bonds. The van der Waals surface area contributed by atoms with Gasteiger partial charge in [0.05, 0.1) is 12.8 Å². The number of hydrogen-bond acceptors (Lipinski definition) is 6. The Bertz CT molecular complexity index is 702. The Kier molecular flexibility index (Phi) is 3.31. The number of nitrogens with zero attached hydrogens (tertiary/aromatic N) is 2. The van der Waals surface area contributed by atoms with Gasteiger partial charge in [0.25, 0.3) is 5.91 Å². The summed E-state index contributed by atoms with van der Waals surface area (Å²) in [4.78, 5) is 20.1. The maximum Gasteiger partial charge on any atom is 0.252 e. The van der Waals surface area contributed by atoms with Crippen LogP contribution in [0, 0.1) is 0 Å². The zero-order valence-electron chi connectivity index (χ0n) is 11.7. The van der Waals surface area contributed by atoms with Crippen LogP contribution in [0.25, 0.3) is 0 Å². The lowest BCUT2D eigenvalue weighted by atomic mass is 10.1. The first-order valence-electron chi connectivity index (χ1n) is 6.49. The number of methoxy groups -OCH3 is 1. The summed E-state index contributed by atoms with van der Waals surface area (Å²) in [5.74, 6) is 1.72. The maximum absolute atomic E-state index is 11.7. The molecule has 1 aromatic heterocycles. The summed E-state index contributed by atoms with van der Waals surface area (Å²) in [6.07, 6.45) is 1.66. The van der Waals surface area contributed by atoms with Crippen LogP contribution >= 0.6 is 0 Å². The molecule has 0 spiro atoms. The monoisotopic (exact) mass is 285 g/mol. The van der Waals surface area contributed by atoms with E-state index in [1.54, 1.807) is 38.6 Å². The van der Waals surface area contributed by atoms with E-state index >= 15 is 0 Å². The molecular weight excluding hydrogens is 270 g/mol. The van der Waals surface area contributed by atoms with Crippen LogP contribution in [0.15, 0.2) is 24.4 Å². The van der Waals surface area contributed by atoms with Gasteiger partial charge in [-0.05, 0) is 18.2 Å². The average molecular weight is 285 g/mol. The maximum atomic E-state index is 11.7. The lowest BCUT2D eigenvalue weighted by Gasteiger charge is -2.13. The van der Waals surface area contributed by atoms with E-state index in [0.29, 0.717) is 29.6 Å². The summed E-state index contributed by atoms with van der Waals surface area (Å²) < 4.78 is 5.44. The van der Waals surface area contributed by atoms with Crippen molar-refractivity contribution >= 4 is 23.4 Å². The number of rotatable bonds is 4. The van der Waals surface area contributed by atoms with E-state index < -0.39 is 0 Å². The highest BCUT2D eigenvalue weighted by Gasteiger charge is 2.24. The Labute approximate surface area is 121 Å². The Balaban J connectivity index is 1.97. The van der Waals surface area contributed by atoms with Gasteiger partial charge < -0.3 is 20.7 Å². The van der Waals surface area contributed by atoms with E-state index in [1.165, 1.54) is 0 Å². The number of ether oxygens (including phenoxy) is 1. The molecule has 0 radical (unpaired) electrons. The second-order valence-electron chi connectivity index (χ2n) is 4.50. The lowest BCUT2D eigenvalue weighted by molar-refractivity contribution is 0.0966. The molecule has 0 aliphatic carbocycles. The molecule has 3 N–H and O–H groups in total. The van der Waals surface area contributed by atoms with Gasteiger partial charge in [0.2, 0.25) is 5.95 Å². The van der Waals surface area contributed by atoms with Crippen molar-refractivity contribution < 1.29 is 9.53 Å². The summed E-state index contributed by atoms with van der Waals surface area (Å²) in [6, 6.07) is 5.33. The minimum atomic E-state index is -0.0803. The van der Waals surface area contributed by atoms with Crippen LogP contribution in [0.2, 0.25) is 0 Å². The SMILES string of the molecule is CNc1ccnc(Nc2ccc3c(c2OC)CNC3=O)n1. The lowest BCUT2D eigenvalue weighted by Crippen LogP contribution is -2.12. The zero-order valence-corrected chi connectivity index (χ0v) is 11.7. The van der Waals surface area contributed by atoms with E-state index in [2.05, 4.69) is 25.9 Å². The quantitative estimate of drug-likeness (QED) is 0.789. The highest BCUT2D eigenvalue weighted by Crippen LogP contribution is 2.35. The predicted molar refractivity (Wildman–Crippen MR) is 79.0 cm³/mol. The fourth-order valence-electron chi connectivity index (χ4n) is 2.29. The Hall–Kier alpha value is -2.83. The van der Waals surface area contributed by atoms with Gasteiger partial charge in [-0.15, -0.1) is 0 Å². The van der Waals surface area contributed by atoms with Crippen molar-refractivity contribution in [1.29, 1.82) is 0 Å². The third kappa shape index (κ3) is 2.33. The third-order valence-corrected chi connectivity index (χ3v) is 3.29. The van der Waals surface area contributed by atoms with Crippen molar-refractivity contribution in [2.24, 2.45) is 0 Å². The van der Waals surface area contributed by atoms with E-state index in [4.69, 9.17) is 4.74 Å². The summed E-state index contributed by atoms with van der Waals surface area (Å²) in [6.45, 7) is 0.463. The molecule has 0 saturated heterocycles. The molecule has 1 aromatic carbocycles. The fourth-order valence-corrected chi connectivity index (χ4v) is 2.29. The molecule has 0 saturated carbocycles. The van der Waals surface area contributed by atoms with Gasteiger partial charge >= 0.3 is 0 Å². The van der Waals surface area contributed by atoms with Crippen LogP contribution in [-0.2, 0) is 6.54 Å². The molecule has 21 heavy (non-hydrogen) atoms. The Morgan fingerprint density at radius 1 is 1.33 bits per heavy atom. The van der Waals surface area contributed by atoms with Crippen molar-refractivity contribution in [2.45, 2.75) is 6.54 Å². The van der Waals surface area contributed by atoms with Crippen LogP contribution in [-0.4, -0.2) is 30.0 Å². The van der Waals surface area contributed by atoms with Crippen LogP contribution in [0.3, 0.4) is 0 Å². The van der Waals surface area contributed by atoms with E-state index in [9.17, 15) is 4.79 Å². The molecular formula is C14H15N5O2. The molecule has 7 heteroatoms. The number of carbonyl (C=O) groups excluding carboxylic acids is 1. The zero-order chi connectivity index (χ0) is 14.8. The van der Waals surface area contributed by atoms with Crippen LogP contribution < -0.4 is 20.7 Å². The van der Waals surface area contributed by atoms with Crippen molar-refractivity contribution in [3.8, 4) is 5.75 Å². The minimum Gasteiger partial charge on any atom is -0.494 e. The summed E-state index contributed by atoms with van der Waals surface area (Å²) in [7, 11) is 3.37. The topological polar surface area (TPSA) is 88.2 Å². The third-order valence-electron chi connectivity index (χ3n) is 3.29. The van der Waals surface area contributed by atoms with E-state index in [-0.39, 0.29) is 5.91 Å². The van der Waals surface area contributed by atoms with E-state index in [1.807, 2.05) is 0 Å². The number of fused-ring (bicyclic) bond motifs is 1. The molecule has 0 atom stereocenters. The van der Waals surface area contributed by atoms with Gasteiger partial charge in [-0.25, -0.2) is 4.98 Å². The molecule has 2 heterocycles. The first kappa shape index (κ1) is 13.2. The van der Waals surface area contributed by atoms with Gasteiger partial charge in [-0.1, -0.05) is 0 Å². The summed E-state index contributed by atoms with van der Waals surface area (Å²) in [5, 5.41) is 8.85. The molecule has 108 valence electrons. The van der Waals surface area contributed by atoms with Crippen LogP contribution in [0.1, 0.15) is 15.9 Å². The van der Waals surface area contributed by atoms with Crippen molar-refractivity contribution in [1.82, 2.24) is 15.3 Å². The number of hydrogen-bond donors (Lipinski definition) is 3. The fraction of sp³-hybridized carbons (Fsp3) is 0.214. The molecule has 0 unspecified atom stereocenters. The number of anilines is 3. The second kappa shape index (κ2) is 5.28. The van der Waals surface area contributed by atoms with Crippen molar-refractivity contribution in [3.63, 3.8) is 0 Å². The highest BCUT2D eigenvalue weighted by atomic mass is 16.5. The second-order valence-corrected chi connectivity index (χ2v) is 4.50. The number of carbonyl (C=O) groups is 1.